The van der Waals surface area contributed by atoms with Crippen molar-refractivity contribution in [3.63, 3.8) is 0 Å². The van der Waals surface area contributed by atoms with Crippen molar-refractivity contribution >= 4 is 24.4 Å². The van der Waals surface area contributed by atoms with Crippen molar-refractivity contribution in [2.24, 2.45) is 0 Å². The summed E-state index contributed by atoms with van der Waals surface area (Å²) < 4.78 is 8.00. The van der Waals surface area contributed by atoms with Crippen molar-refractivity contribution in [3.05, 3.63) is 69.6 Å². The van der Waals surface area contributed by atoms with E-state index in [-0.39, 0.29) is 0 Å². The standard InChI is InChI=1S/C20H22N4OS/c1-14-7-9-16(25-14)10-12-19-21-20(26)24(22-19)13-23(2)18-11-8-15-5-3-4-6-17(15)18/h3-7,9-10,12,18H,8,11,13H2,1-2H3,(H,21,22,26)/b12-10+. The zero-order chi connectivity index (χ0) is 18.1. The summed E-state index contributed by atoms with van der Waals surface area (Å²) in [6, 6.07) is 13.0. The quantitative estimate of drug-likeness (QED) is 0.671. The molecule has 2 heterocycles. The van der Waals surface area contributed by atoms with E-state index in [4.69, 9.17) is 16.6 Å². The molecule has 4 rings (SSSR count). The molecule has 1 unspecified atom stereocenters. The van der Waals surface area contributed by atoms with Crippen LogP contribution in [-0.2, 0) is 13.1 Å². The number of nitrogens with zero attached hydrogens (tertiary/aromatic N) is 3. The Hall–Kier alpha value is -2.44. The Kier molecular flexibility index (Phi) is 4.61. The van der Waals surface area contributed by atoms with Gasteiger partial charge in [0, 0.05) is 6.04 Å². The first-order valence-corrected chi connectivity index (χ1v) is 9.20. The Bertz CT molecular complexity index is 997. The van der Waals surface area contributed by atoms with Crippen LogP contribution in [0.3, 0.4) is 0 Å². The van der Waals surface area contributed by atoms with Gasteiger partial charge >= 0.3 is 0 Å². The van der Waals surface area contributed by atoms with Crippen molar-refractivity contribution < 1.29 is 4.42 Å². The Labute approximate surface area is 158 Å². The molecule has 0 bridgehead atoms. The number of nitrogens with one attached hydrogen (secondary N) is 1. The first kappa shape index (κ1) is 17.0. The average Bonchev–Trinajstić information content (AvgIpc) is 3.32. The van der Waals surface area contributed by atoms with Crippen LogP contribution in [0.25, 0.3) is 12.2 Å². The van der Waals surface area contributed by atoms with E-state index in [1.54, 1.807) is 0 Å². The largest absolute Gasteiger partial charge is 0.462 e. The van der Waals surface area contributed by atoms with Gasteiger partial charge in [0.2, 0.25) is 4.77 Å². The van der Waals surface area contributed by atoms with E-state index in [2.05, 4.69) is 46.3 Å². The predicted octanol–water partition coefficient (Wildman–Crippen LogP) is 4.59. The van der Waals surface area contributed by atoms with Crippen LogP contribution in [0.2, 0.25) is 0 Å². The van der Waals surface area contributed by atoms with E-state index in [9.17, 15) is 0 Å². The number of benzene rings is 1. The third-order valence-corrected chi connectivity index (χ3v) is 5.17. The van der Waals surface area contributed by atoms with Crippen LogP contribution in [0.15, 0.2) is 40.8 Å². The van der Waals surface area contributed by atoms with Gasteiger partial charge in [-0.1, -0.05) is 24.3 Å². The Balaban J connectivity index is 1.48. The first-order valence-electron chi connectivity index (χ1n) is 8.79. The van der Waals surface area contributed by atoms with Crippen LogP contribution in [0.1, 0.15) is 40.9 Å². The maximum Gasteiger partial charge on any atom is 0.217 e. The highest BCUT2D eigenvalue weighted by atomic mass is 32.1. The third kappa shape index (κ3) is 3.43. The highest BCUT2D eigenvalue weighted by Crippen LogP contribution is 2.34. The summed E-state index contributed by atoms with van der Waals surface area (Å²) in [5.74, 6) is 2.42. The molecule has 1 aromatic carbocycles. The van der Waals surface area contributed by atoms with Gasteiger partial charge in [-0.15, -0.1) is 0 Å². The number of aromatic nitrogens is 3. The van der Waals surface area contributed by atoms with Gasteiger partial charge in [0.25, 0.3) is 0 Å². The fourth-order valence-electron chi connectivity index (χ4n) is 3.56. The highest BCUT2D eigenvalue weighted by Gasteiger charge is 2.25. The summed E-state index contributed by atoms with van der Waals surface area (Å²) in [7, 11) is 2.14. The molecular weight excluding hydrogens is 344 g/mol. The van der Waals surface area contributed by atoms with Crippen molar-refractivity contribution in [1.29, 1.82) is 0 Å². The molecule has 1 atom stereocenters. The fraction of sp³-hybridized carbons (Fsp3) is 0.300. The average molecular weight is 366 g/mol. The molecule has 2 aromatic heterocycles. The number of H-pyrrole nitrogens is 1. The second kappa shape index (κ2) is 7.05. The minimum Gasteiger partial charge on any atom is -0.462 e. The number of aryl methyl sites for hydroxylation is 2. The molecule has 0 aliphatic heterocycles. The SMILES string of the molecule is Cc1ccc(/C=C/c2nc(=S)n(CN(C)C3CCc4ccccc43)[nH]2)o1. The van der Waals surface area contributed by atoms with Crippen LogP contribution in [0.4, 0.5) is 0 Å². The van der Waals surface area contributed by atoms with Gasteiger partial charge in [0.1, 0.15) is 17.3 Å². The van der Waals surface area contributed by atoms with Crippen molar-refractivity contribution in [2.75, 3.05) is 7.05 Å². The maximum absolute atomic E-state index is 5.54. The molecule has 134 valence electrons. The van der Waals surface area contributed by atoms with E-state index in [0.717, 1.165) is 30.2 Å². The van der Waals surface area contributed by atoms with Crippen LogP contribution in [0.5, 0.6) is 0 Å². The second-order valence-electron chi connectivity index (χ2n) is 6.75. The zero-order valence-corrected chi connectivity index (χ0v) is 15.8. The highest BCUT2D eigenvalue weighted by molar-refractivity contribution is 7.71. The third-order valence-electron chi connectivity index (χ3n) is 4.86. The topological polar surface area (TPSA) is 50.0 Å². The molecule has 1 N–H and O–H groups in total. The first-order chi connectivity index (χ1) is 12.6. The normalized spacial score (nSPS) is 16.7. The van der Waals surface area contributed by atoms with E-state index in [0.29, 0.717) is 17.5 Å². The fourth-order valence-corrected chi connectivity index (χ4v) is 3.76. The van der Waals surface area contributed by atoms with E-state index < -0.39 is 0 Å². The van der Waals surface area contributed by atoms with E-state index >= 15 is 0 Å². The summed E-state index contributed by atoms with van der Waals surface area (Å²) >= 11 is 5.42. The molecular formula is C20H22N4OS. The molecule has 0 fully saturated rings. The van der Waals surface area contributed by atoms with Gasteiger partial charge < -0.3 is 4.42 Å². The molecule has 26 heavy (non-hydrogen) atoms. The van der Waals surface area contributed by atoms with Gasteiger partial charge in [-0.3, -0.25) is 10.00 Å². The lowest BCUT2D eigenvalue weighted by Crippen LogP contribution is -2.26. The van der Waals surface area contributed by atoms with Gasteiger partial charge in [0.05, 0.1) is 6.67 Å². The van der Waals surface area contributed by atoms with Gasteiger partial charge in [-0.2, -0.15) is 4.98 Å². The molecule has 3 aromatic rings. The Morgan fingerprint density at radius 2 is 2.15 bits per heavy atom. The molecule has 1 aliphatic carbocycles. The summed E-state index contributed by atoms with van der Waals surface area (Å²) in [6.45, 7) is 2.61. The smallest absolute Gasteiger partial charge is 0.217 e. The van der Waals surface area contributed by atoms with Gasteiger partial charge in [-0.25, -0.2) is 4.68 Å². The molecule has 1 aliphatic rings. The number of hydrogen-bond acceptors (Lipinski definition) is 4. The molecule has 0 saturated carbocycles. The number of furan rings is 1. The monoisotopic (exact) mass is 366 g/mol. The second-order valence-corrected chi connectivity index (χ2v) is 7.12. The van der Waals surface area contributed by atoms with Crippen molar-refractivity contribution in [1.82, 2.24) is 19.7 Å². The number of aromatic amines is 1. The molecule has 0 spiro atoms. The van der Waals surface area contributed by atoms with Crippen molar-refractivity contribution in [3.8, 4) is 0 Å². The number of rotatable bonds is 5. The van der Waals surface area contributed by atoms with Crippen LogP contribution in [-0.4, -0.2) is 26.7 Å². The van der Waals surface area contributed by atoms with Crippen LogP contribution < -0.4 is 0 Å². The zero-order valence-electron chi connectivity index (χ0n) is 15.0. The molecule has 6 heteroatoms. The minimum atomic E-state index is 0.418. The Morgan fingerprint density at radius 1 is 1.31 bits per heavy atom. The number of hydrogen-bond donors (Lipinski definition) is 1. The molecule has 0 saturated heterocycles. The number of fused-ring (bicyclic) bond motifs is 1. The summed E-state index contributed by atoms with van der Waals surface area (Å²) in [5, 5.41) is 3.27. The lowest BCUT2D eigenvalue weighted by Gasteiger charge is -2.25. The van der Waals surface area contributed by atoms with Crippen LogP contribution >= 0.6 is 12.2 Å². The lowest BCUT2D eigenvalue weighted by atomic mass is 10.1. The summed E-state index contributed by atoms with van der Waals surface area (Å²) in [5.41, 5.74) is 2.88. The van der Waals surface area contributed by atoms with Crippen molar-refractivity contribution in [2.45, 2.75) is 32.5 Å². The van der Waals surface area contributed by atoms with Gasteiger partial charge in [-0.05, 0) is 74.4 Å². The summed E-state index contributed by atoms with van der Waals surface area (Å²) in [6.07, 6.45) is 6.05. The van der Waals surface area contributed by atoms with E-state index in [1.807, 2.05) is 35.9 Å². The Morgan fingerprint density at radius 3 is 2.96 bits per heavy atom. The minimum absolute atomic E-state index is 0.418. The lowest BCUT2D eigenvalue weighted by molar-refractivity contribution is 0.182. The van der Waals surface area contributed by atoms with Crippen LogP contribution in [0, 0.1) is 11.7 Å². The summed E-state index contributed by atoms with van der Waals surface area (Å²) in [4.78, 5) is 6.75. The predicted molar refractivity (Wildman–Crippen MR) is 105 cm³/mol. The molecule has 0 radical (unpaired) electrons. The van der Waals surface area contributed by atoms with Gasteiger partial charge in [0.15, 0.2) is 0 Å². The molecule has 0 amide bonds. The molecule has 5 nitrogen and oxygen atoms in total. The maximum atomic E-state index is 5.54. The van der Waals surface area contributed by atoms with E-state index in [1.165, 1.54) is 11.1 Å².